The molecule has 2 unspecified atom stereocenters. The largest absolute Gasteiger partial charge is 0.479 e. The molecule has 0 fully saturated rings. The Morgan fingerprint density at radius 3 is 2.71 bits per heavy atom. The average molecular weight is 327 g/mol. The fraction of sp³-hybridized carbons (Fsp3) is 0.389. The highest BCUT2D eigenvalue weighted by atomic mass is 16.4. The van der Waals surface area contributed by atoms with Crippen LogP contribution in [0, 0.1) is 12.8 Å². The van der Waals surface area contributed by atoms with Gasteiger partial charge in [-0.1, -0.05) is 36.8 Å². The first-order valence-corrected chi connectivity index (χ1v) is 8.12. The molecule has 3 N–H and O–H groups in total. The Morgan fingerprint density at radius 2 is 2.04 bits per heavy atom. The van der Waals surface area contributed by atoms with Gasteiger partial charge in [0.1, 0.15) is 0 Å². The molecule has 0 saturated heterocycles. The summed E-state index contributed by atoms with van der Waals surface area (Å²) in [7, 11) is 0. The predicted molar refractivity (Wildman–Crippen MR) is 88.8 cm³/mol. The third-order valence-electron chi connectivity index (χ3n) is 4.54. The number of amides is 1. The zero-order valence-corrected chi connectivity index (χ0v) is 13.8. The van der Waals surface area contributed by atoms with Gasteiger partial charge in [-0.2, -0.15) is 5.10 Å². The number of carbonyl (C=O) groups excluding carboxylic acids is 1. The number of benzene rings is 1. The number of hydrogen-bond acceptors (Lipinski definition) is 3. The van der Waals surface area contributed by atoms with E-state index in [0.29, 0.717) is 17.2 Å². The van der Waals surface area contributed by atoms with Crippen LogP contribution < -0.4 is 5.32 Å². The molecule has 2 aromatic rings. The van der Waals surface area contributed by atoms with E-state index in [2.05, 4.69) is 22.4 Å². The number of aromatic nitrogens is 2. The van der Waals surface area contributed by atoms with Crippen molar-refractivity contribution in [1.29, 1.82) is 0 Å². The van der Waals surface area contributed by atoms with Gasteiger partial charge in [0.15, 0.2) is 11.7 Å². The number of rotatable bonds is 4. The highest BCUT2D eigenvalue weighted by Gasteiger charge is 2.28. The van der Waals surface area contributed by atoms with Crippen LogP contribution in [0.4, 0.5) is 0 Å². The second kappa shape index (κ2) is 6.47. The van der Waals surface area contributed by atoms with Crippen LogP contribution in [0.3, 0.4) is 0 Å². The Hall–Kier alpha value is -2.63. The van der Waals surface area contributed by atoms with Crippen LogP contribution in [0.15, 0.2) is 24.3 Å². The molecule has 126 valence electrons. The maximum Gasteiger partial charge on any atom is 0.330 e. The smallest absolute Gasteiger partial charge is 0.330 e. The average Bonchev–Trinajstić information content (AvgIpc) is 2.96. The Labute approximate surface area is 140 Å². The van der Waals surface area contributed by atoms with Crippen molar-refractivity contribution in [2.24, 2.45) is 5.92 Å². The van der Waals surface area contributed by atoms with Crippen LogP contribution in [0.25, 0.3) is 0 Å². The van der Waals surface area contributed by atoms with Crippen molar-refractivity contribution >= 4 is 11.9 Å². The van der Waals surface area contributed by atoms with Crippen molar-refractivity contribution in [3.05, 3.63) is 52.3 Å². The zero-order valence-electron chi connectivity index (χ0n) is 13.8. The molecule has 6 nitrogen and oxygen atoms in total. The maximum absolute atomic E-state index is 12.6. The van der Waals surface area contributed by atoms with Crippen molar-refractivity contribution in [3.8, 4) is 0 Å². The minimum absolute atomic E-state index is 0.315. The molecular weight excluding hydrogens is 306 g/mol. The number of aryl methyl sites for hydroxylation is 2. The summed E-state index contributed by atoms with van der Waals surface area (Å²) in [6.45, 7) is 4.07. The number of carboxylic acids is 1. The SMILES string of the molecule is Cc1ccc(C(NC(=O)c2n[nH]c3c2CC(C)CC3)C(=O)O)cc1. The maximum atomic E-state index is 12.6. The number of hydrogen-bond donors (Lipinski definition) is 3. The normalized spacial score (nSPS) is 17.8. The van der Waals surface area contributed by atoms with Crippen molar-refractivity contribution < 1.29 is 14.7 Å². The standard InChI is InChI=1S/C18H21N3O3/c1-10-3-6-12(7-4-10)15(18(23)24)19-17(22)16-13-9-11(2)5-8-14(13)20-21-16/h3-4,6-7,11,15H,5,8-9H2,1-2H3,(H,19,22)(H,20,21)(H,23,24). The number of nitrogens with zero attached hydrogens (tertiary/aromatic N) is 1. The summed E-state index contributed by atoms with van der Waals surface area (Å²) >= 11 is 0. The van der Waals surface area contributed by atoms with Gasteiger partial charge in [-0.25, -0.2) is 4.79 Å². The van der Waals surface area contributed by atoms with Crippen LogP contribution in [-0.4, -0.2) is 27.2 Å². The summed E-state index contributed by atoms with van der Waals surface area (Å²) in [6.07, 6.45) is 2.73. The molecule has 0 radical (unpaired) electrons. The highest BCUT2D eigenvalue weighted by molar-refractivity contribution is 5.96. The molecule has 1 amide bonds. The minimum Gasteiger partial charge on any atom is -0.479 e. The van der Waals surface area contributed by atoms with Gasteiger partial charge < -0.3 is 10.4 Å². The number of aromatic amines is 1. The second-order valence-corrected chi connectivity index (χ2v) is 6.53. The molecule has 24 heavy (non-hydrogen) atoms. The lowest BCUT2D eigenvalue weighted by Crippen LogP contribution is -2.34. The van der Waals surface area contributed by atoms with Gasteiger partial charge in [-0.15, -0.1) is 0 Å². The van der Waals surface area contributed by atoms with Crippen LogP contribution in [0.1, 0.15) is 52.3 Å². The summed E-state index contributed by atoms with van der Waals surface area (Å²) < 4.78 is 0. The molecule has 1 aromatic heterocycles. The first kappa shape index (κ1) is 16.2. The lowest BCUT2D eigenvalue weighted by Gasteiger charge is -2.19. The van der Waals surface area contributed by atoms with E-state index >= 15 is 0 Å². The first-order chi connectivity index (χ1) is 11.5. The molecule has 1 heterocycles. The van der Waals surface area contributed by atoms with Crippen molar-refractivity contribution in [3.63, 3.8) is 0 Å². The lowest BCUT2D eigenvalue weighted by atomic mass is 9.87. The van der Waals surface area contributed by atoms with E-state index in [-0.39, 0.29) is 0 Å². The fourth-order valence-electron chi connectivity index (χ4n) is 3.10. The third-order valence-corrected chi connectivity index (χ3v) is 4.54. The number of fused-ring (bicyclic) bond motifs is 1. The molecule has 0 saturated carbocycles. The first-order valence-electron chi connectivity index (χ1n) is 8.12. The van der Waals surface area contributed by atoms with E-state index in [9.17, 15) is 14.7 Å². The van der Waals surface area contributed by atoms with E-state index in [1.807, 2.05) is 19.1 Å². The number of aliphatic carboxylic acids is 1. The summed E-state index contributed by atoms with van der Waals surface area (Å²) in [4.78, 5) is 24.2. The van der Waals surface area contributed by atoms with Crippen LogP contribution in [-0.2, 0) is 17.6 Å². The topological polar surface area (TPSA) is 95.1 Å². The lowest BCUT2D eigenvalue weighted by molar-refractivity contribution is -0.139. The van der Waals surface area contributed by atoms with Gasteiger partial charge in [0.25, 0.3) is 5.91 Å². The second-order valence-electron chi connectivity index (χ2n) is 6.53. The van der Waals surface area contributed by atoms with E-state index in [1.54, 1.807) is 12.1 Å². The molecular formula is C18H21N3O3. The van der Waals surface area contributed by atoms with Gasteiger partial charge in [0.05, 0.1) is 0 Å². The molecule has 1 aliphatic carbocycles. The fourth-order valence-corrected chi connectivity index (χ4v) is 3.10. The summed E-state index contributed by atoms with van der Waals surface area (Å²) in [5.74, 6) is -1.05. The quantitative estimate of drug-likeness (QED) is 0.803. The zero-order chi connectivity index (χ0) is 17.3. The third kappa shape index (κ3) is 3.18. The minimum atomic E-state index is -1.09. The number of carboxylic acid groups (broad SMARTS) is 1. The monoisotopic (exact) mass is 327 g/mol. The van der Waals surface area contributed by atoms with Crippen molar-refractivity contribution in [2.75, 3.05) is 0 Å². The number of nitrogens with one attached hydrogen (secondary N) is 2. The van der Waals surface area contributed by atoms with Crippen LogP contribution in [0.2, 0.25) is 0 Å². The highest BCUT2D eigenvalue weighted by Crippen LogP contribution is 2.26. The molecule has 6 heteroatoms. The van der Waals surface area contributed by atoms with Gasteiger partial charge in [-0.3, -0.25) is 9.89 Å². The number of carbonyl (C=O) groups is 2. The van der Waals surface area contributed by atoms with Gasteiger partial charge in [0, 0.05) is 11.3 Å². The molecule has 0 spiro atoms. The molecule has 0 bridgehead atoms. The van der Waals surface area contributed by atoms with Crippen LogP contribution >= 0.6 is 0 Å². The van der Waals surface area contributed by atoms with E-state index < -0.39 is 17.9 Å². The summed E-state index contributed by atoms with van der Waals surface area (Å²) in [5.41, 5.74) is 3.79. The van der Waals surface area contributed by atoms with Gasteiger partial charge in [-0.05, 0) is 37.7 Å². The molecule has 3 rings (SSSR count). The Morgan fingerprint density at radius 1 is 1.33 bits per heavy atom. The molecule has 1 aliphatic rings. The predicted octanol–water partition coefficient (Wildman–Crippen LogP) is 2.40. The Bertz CT molecular complexity index is 764. The van der Waals surface area contributed by atoms with E-state index in [0.717, 1.165) is 36.1 Å². The number of H-pyrrole nitrogens is 1. The van der Waals surface area contributed by atoms with E-state index in [1.165, 1.54) is 0 Å². The molecule has 0 aliphatic heterocycles. The Kier molecular flexibility index (Phi) is 4.38. The van der Waals surface area contributed by atoms with E-state index in [4.69, 9.17) is 0 Å². The van der Waals surface area contributed by atoms with Gasteiger partial charge in [0.2, 0.25) is 0 Å². The van der Waals surface area contributed by atoms with Crippen molar-refractivity contribution in [1.82, 2.24) is 15.5 Å². The summed E-state index contributed by atoms with van der Waals surface area (Å²) in [6, 6.07) is 6.00. The van der Waals surface area contributed by atoms with Crippen molar-refractivity contribution in [2.45, 2.75) is 39.2 Å². The summed E-state index contributed by atoms with van der Waals surface area (Å²) in [5, 5.41) is 19.1. The van der Waals surface area contributed by atoms with Gasteiger partial charge >= 0.3 is 5.97 Å². The van der Waals surface area contributed by atoms with Crippen LogP contribution in [0.5, 0.6) is 0 Å². The Balaban J connectivity index is 1.83. The molecule has 2 atom stereocenters. The molecule has 1 aromatic carbocycles.